The van der Waals surface area contributed by atoms with Crippen LogP contribution in [0.2, 0.25) is 0 Å². The molecule has 0 spiro atoms. The quantitative estimate of drug-likeness (QED) is 0.564. The normalized spacial score (nSPS) is 15.6. The van der Waals surface area contributed by atoms with E-state index in [9.17, 15) is 0 Å². The molecule has 0 saturated carbocycles. The lowest BCUT2D eigenvalue weighted by atomic mass is 10.1. The van der Waals surface area contributed by atoms with Crippen molar-refractivity contribution in [3.8, 4) is 0 Å². The Hall–Kier alpha value is -1.11. The van der Waals surface area contributed by atoms with Gasteiger partial charge in [0, 0.05) is 6.21 Å². The van der Waals surface area contributed by atoms with Gasteiger partial charge in [-0.05, 0) is 31.4 Å². The molecule has 0 aromatic rings. The summed E-state index contributed by atoms with van der Waals surface area (Å²) in [6.45, 7) is 6.76. The molecule has 0 N–H and O–H groups in total. The van der Waals surface area contributed by atoms with Gasteiger partial charge in [0.25, 0.3) is 0 Å². The van der Waals surface area contributed by atoms with Crippen molar-refractivity contribution in [2.24, 2.45) is 4.99 Å². The Kier molecular flexibility index (Phi) is 3.52. The van der Waals surface area contributed by atoms with Crippen LogP contribution in [0, 0.1) is 0 Å². The highest BCUT2D eigenvalue weighted by molar-refractivity contribution is 5.73. The minimum absolute atomic E-state index is 0.813. The zero-order valence-electron chi connectivity index (χ0n) is 7.59. The molecule has 0 amide bonds. The predicted molar refractivity (Wildman–Crippen MR) is 54.6 cm³/mol. The molecule has 1 aliphatic heterocycles. The largest absolute Gasteiger partial charge is 0.289 e. The maximum absolute atomic E-state index is 4.14. The zero-order valence-corrected chi connectivity index (χ0v) is 7.59. The molecular weight excluding hydrogens is 146 g/mol. The van der Waals surface area contributed by atoms with Gasteiger partial charge in [-0.2, -0.15) is 0 Å². The molecular formula is C11H15N. The van der Waals surface area contributed by atoms with Crippen LogP contribution in [0.5, 0.6) is 0 Å². The minimum Gasteiger partial charge on any atom is -0.289 e. The highest BCUT2D eigenvalue weighted by Gasteiger charge is 1.94. The van der Waals surface area contributed by atoms with Crippen molar-refractivity contribution in [2.45, 2.75) is 19.8 Å². The van der Waals surface area contributed by atoms with E-state index >= 15 is 0 Å². The molecule has 1 rings (SSSR count). The summed E-state index contributed by atoms with van der Waals surface area (Å²) in [4.78, 5) is 4.14. The van der Waals surface area contributed by atoms with Crippen LogP contribution in [0.3, 0.4) is 0 Å². The molecule has 64 valence electrons. The van der Waals surface area contributed by atoms with Gasteiger partial charge in [-0.25, -0.2) is 0 Å². The SMILES string of the molecule is C=C(C)CCC1=CC=NCC=C1. The Labute approximate surface area is 74.2 Å². The summed E-state index contributed by atoms with van der Waals surface area (Å²) in [5, 5.41) is 0. The first kappa shape index (κ1) is 8.98. The fourth-order valence-electron chi connectivity index (χ4n) is 1.05. The average molecular weight is 161 g/mol. The van der Waals surface area contributed by atoms with E-state index in [-0.39, 0.29) is 0 Å². The highest BCUT2D eigenvalue weighted by atomic mass is 14.7. The maximum atomic E-state index is 4.14. The summed E-state index contributed by atoms with van der Waals surface area (Å²) in [7, 11) is 0. The van der Waals surface area contributed by atoms with Crippen molar-refractivity contribution < 1.29 is 0 Å². The van der Waals surface area contributed by atoms with E-state index in [2.05, 4.69) is 36.7 Å². The fourth-order valence-corrected chi connectivity index (χ4v) is 1.05. The number of aliphatic imine (C=N–C) groups is 1. The van der Waals surface area contributed by atoms with E-state index in [1.54, 1.807) is 0 Å². The van der Waals surface area contributed by atoms with Crippen LogP contribution in [0.4, 0.5) is 0 Å². The molecule has 1 nitrogen and oxygen atoms in total. The van der Waals surface area contributed by atoms with Crippen molar-refractivity contribution in [3.05, 3.63) is 36.0 Å². The van der Waals surface area contributed by atoms with E-state index in [1.165, 1.54) is 11.1 Å². The van der Waals surface area contributed by atoms with Crippen LogP contribution < -0.4 is 0 Å². The van der Waals surface area contributed by atoms with Gasteiger partial charge < -0.3 is 0 Å². The topological polar surface area (TPSA) is 12.4 Å². The van der Waals surface area contributed by atoms with Gasteiger partial charge in [0.05, 0.1) is 6.54 Å². The van der Waals surface area contributed by atoms with Crippen LogP contribution >= 0.6 is 0 Å². The number of hydrogen-bond acceptors (Lipinski definition) is 1. The van der Waals surface area contributed by atoms with Crippen molar-refractivity contribution >= 4 is 6.21 Å². The first-order chi connectivity index (χ1) is 5.79. The Balaban J connectivity index is 2.45. The van der Waals surface area contributed by atoms with E-state index in [0.29, 0.717) is 0 Å². The van der Waals surface area contributed by atoms with E-state index in [1.807, 2.05) is 6.21 Å². The first-order valence-corrected chi connectivity index (χ1v) is 4.29. The van der Waals surface area contributed by atoms with Gasteiger partial charge in [0.1, 0.15) is 0 Å². The number of rotatable bonds is 3. The van der Waals surface area contributed by atoms with Gasteiger partial charge >= 0.3 is 0 Å². The molecule has 0 fully saturated rings. The molecule has 0 unspecified atom stereocenters. The summed E-state index contributed by atoms with van der Waals surface area (Å²) < 4.78 is 0. The number of nitrogens with zero attached hydrogens (tertiary/aromatic N) is 1. The molecule has 12 heavy (non-hydrogen) atoms. The smallest absolute Gasteiger partial charge is 0.0573 e. The predicted octanol–water partition coefficient (Wildman–Crippen LogP) is 2.91. The standard InChI is InChI=1S/C11H15N/c1-10(2)5-6-11-4-3-8-12-9-7-11/h3-4,7,9H,1,5-6,8H2,2H3. The number of allylic oxidation sites excluding steroid dienone is 4. The molecule has 0 aliphatic carbocycles. The van der Waals surface area contributed by atoms with Crippen molar-refractivity contribution in [1.82, 2.24) is 0 Å². The monoisotopic (exact) mass is 161 g/mol. The van der Waals surface area contributed by atoms with Gasteiger partial charge in [-0.3, -0.25) is 4.99 Å². The molecule has 0 atom stereocenters. The van der Waals surface area contributed by atoms with Crippen LogP contribution in [0.15, 0.2) is 40.9 Å². The molecule has 0 aromatic heterocycles. The van der Waals surface area contributed by atoms with Crippen LogP contribution in [0.25, 0.3) is 0 Å². The summed E-state index contributed by atoms with van der Waals surface area (Å²) in [5.41, 5.74) is 2.59. The lowest BCUT2D eigenvalue weighted by molar-refractivity contribution is 0.952. The fraction of sp³-hybridized carbons (Fsp3) is 0.364. The second-order valence-corrected chi connectivity index (χ2v) is 3.12. The molecule has 1 heteroatoms. The van der Waals surface area contributed by atoms with Crippen molar-refractivity contribution in [3.63, 3.8) is 0 Å². The third-order valence-corrected chi connectivity index (χ3v) is 1.78. The molecule has 1 aliphatic rings. The summed E-state index contributed by atoms with van der Waals surface area (Å²) >= 11 is 0. The van der Waals surface area contributed by atoms with Gasteiger partial charge in [-0.1, -0.05) is 17.7 Å². The lowest BCUT2D eigenvalue weighted by Gasteiger charge is -1.99. The molecule has 0 radical (unpaired) electrons. The molecule has 0 aromatic carbocycles. The van der Waals surface area contributed by atoms with Gasteiger partial charge in [0.15, 0.2) is 0 Å². The van der Waals surface area contributed by atoms with E-state index < -0.39 is 0 Å². The van der Waals surface area contributed by atoms with Gasteiger partial charge in [0.2, 0.25) is 0 Å². The second-order valence-electron chi connectivity index (χ2n) is 3.12. The van der Waals surface area contributed by atoms with E-state index in [4.69, 9.17) is 0 Å². The van der Waals surface area contributed by atoms with Crippen molar-refractivity contribution in [2.75, 3.05) is 6.54 Å². The molecule has 0 bridgehead atoms. The summed E-state index contributed by atoms with van der Waals surface area (Å²) in [6, 6.07) is 0. The molecule has 0 saturated heterocycles. The summed E-state index contributed by atoms with van der Waals surface area (Å²) in [6.07, 6.45) is 10.4. The Morgan fingerprint density at radius 2 is 2.50 bits per heavy atom. The zero-order chi connectivity index (χ0) is 8.81. The minimum atomic E-state index is 0.813. The molecule has 1 heterocycles. The van der Waals surface area contributed by atoms with Gasteiger partial charge in [-0.15, -0.1) is 6.58 Å². The van der Waals surface area contributed by atoms with Crippen LogP contribution in [0.1, 0.15) is 19.8 Å². The number of hydrogen-bond donors (Lipinski definition) is 0. The lowest BCUT2D eigenvalue weighted by Crippen LogP contribution is -1.81. The maximum Gasteiger partial charge on any atom is 0.0573 e. The Morgan fingerprint density at radius 1 is 1.67 bits per heavy atom. The average Bonchev–Trinajstić information content (AvgIpc) is 2.28. The Morgan fingerprint density at radius 3 is 3.25 bits per heavy atom. The first-order valence-electron chi connectivity index (χ1n) is 4.29. The van der Waals surface area contributed by atoms with Crippen LogP contribution in [-0.4, -0.2) is 12.8 Å². The summed E-state index contributed by atoms with van der Waals surface area (Å²) in [5.74, 6) is 0. The second kappa shape index (κ2) is 4.70. The third-order valence-electron chi connectivity index (χ3n) is 1.78. The Bertz CT molecular complexity index is 244. The van der Waals surface area contributed by atoms with E-state index in [0.717, 1.165) is 19.4 Å². The van der Waals surface area contributed by atoms with Crippen molar-refractivity contribution in [1.29, 1.82) is 0 Å². The third kappa shape index (κ3) is 3.33. The van der Waals surface area contributed by atoms with Crippen LogP contribution in [-0.2, 0) is 0 Å². The highest BCUT2D eigenvalue weighted by Crippen LogP contribution is 2.11.